The molecule has 2 atom stereocenters. The molecule has 1 aliphatic heterocycles. The Morgan fingerprint density at radius 2 is 1.66 bits per heavy atom. The highest BCUT2D eigenvalue weighted by atomic mass is 32.1. The van der Waals surface area contributed by atoms with Crippen molar-refractivity contribution in [3.05, 3.63) is 104 Å². The zero-order valence-corrected chi connectivity index (χ0v) is 27.6. The Kier molecular flexibility index (Phi) is 9.73. The second kappa shape index (κ2) is 14.3. The lowest BCUT2D eigenvalue weighted by atomic mass is 10.0. The van der Waals surface area contributed by atoms with E-state index < -0.39 is 12.1 Å². The average Bonchev–Trinajstić information content (AvgIpc) is 3.85. The van der Waals surface area contributed by atoms with Crippen LogP contribution in [0.2, 0.25) is 0 Å². The number of carbonyl (C=O) groups excluding carboxylic acids is 4. The van der Waals surface area contributed by atoms with Crippen molar-refractivity contribution in [1.29, 1.82) is 0 Å². The molecule has 0 spiro atoms. The van der Waals surface area contributed by atoms with Crippen LogP contribution in [0.4, 0.5) is 0 Å². The summed E-state index contributed by atoms with van der Waals surface area (Å²) >= 11 is 2.61. The number of amides is 4. The number of hydrogen-bond donors (Lipinski definition) is 4. The van der Waals surface area contributed by atoms with Crippen molar-refractivity contribution < 1.29 is 19.2 Å². The van der Waals surface area contributed by atoms with Gasteiger partial charge in [0.2, 0.25) is 5.91 Å². The first-order chi connectivity index (χ1) is 22.8. The van der Waals surface area contributed by atoms with Crippen molar-refractivity contribution in [1.82, 2.24) is 35.8 Å². The van der Waals surface area contributed by atoms with Gasteiger partial charge in [0.15, 0.2) is 0 Å². The summed E-state index contributed by atoms with van der Waals surface area (Å²) in [6.45, 7) is 4.24. The van der Waals surface area contributed by atoms with Crippen molar-refractivity contribution in [2.24, 2.45) is 5.92 Å². The maximum atomic E-state index is 13.9. The Hall–Kier alpha value is -4.88. The van der Waals surface area contributed by atoms with Gasteiger partial charge in [0.1, 0.15) is 21.4 Å². The summed E-state index contributed by atoms with van der Waals surface area (Å²) in [5.41, 5.74) is 2.61. The van der Waals surface area contributed by atoms with E-state index in [0.717, 1.165) is 10.9 Å². The van der Waals surface area contributed by atoms with Gasteiger partial charge in [-0.1, -0.05) is 56.3 Å². The van der Waals surface area contributed by atoms with E-state index in [-0.39, 0.29) is 60.6 Å². The van der Waals surface area contributed by atoms with E-state index >= 15 is 0 Å². The molecule has 1 aliphatic rings. The van der Waals surface area contributed by atoms with Crippen LogP contribution in [0.1, 0.15) is 79.3 Å². The summed E-state index contributed by atoms with van der Waals surface area (Å²) in [6.07, 6.45) is 2.63. The van der Waals surface area contributed by atoms with Gasteiger partial charge in [-0.2, -0.15) is 0 Å². The fraction of sp³-hybridized carbons (Fsp3) is 0.294. The number of hydrogen-bond acceptors (Lipinski definition) is 8. The third-order valence-corrected chi connectivity index (χ3v) is 9.86. The number of nitrogens with one attached hydrogen (secondary N) is 4. The molecule has 5 aromatic rings. The van der Waals surface area contributed by atoms with E-state index in [4.69, 9.17) is 0 Å². The number of nitrogens with zero attached hydrogens (tertiary/aromatic N) is 3. The van der Waals surface area contributed by atoms with Gasteiger partial charge >= 0.3 is 0 Å². The van der Waals surface area contributed by atoms with Crippen LogP contribution in [0.3, 0.4) is 0 Å². The summed E-state index contributed by atoms with van der Waals surface area (Å²) in [7, 11) is 0. The van der Waals surface area contributed by atoms with E-state index in [1.165, 1.54) is 27.6 Å². The largest absolute Gasteiger partial charge is 0.361 e. The van der Waals surface area contributed by atoms with Crippen molar-refractivity contribution in [3.8, 4) is 0 Å². The van der Waals surface area contributed by atoms with Crippen LogP contribution in [0.15, 0.2) is 71.6 Å². The van der Waals surface area contributed by atoms with Crippen molar-refractivity contribution in [2.75, 3.05) is 19.6 Å². The Bertz CT molecular complexity index is 1900. The first-order valence-corrected chi connectivity index (χ1v) is 17.2. The molecule has 13 heteroatoms. The molecular formula is C34H35N7O4S2. The van der Waals surface area contributed by atoms with E-state index in [9.17, 15) is 19.2 Å². The van der Waals surface area contributed by atoms with Crippen molar-refractivity contribution >= 4 is 57.2 Å². The number of fused-ring (bicyclic) bond motifs is 5. The van der Waals surface area contributed by atoms with Crippen LogP contribution < -0.4 is 16.0 Å². The molecule has 4 heterocycles. The van der Waals surface area contributed by atoms with Gasteiger partial charge < -0.3 is 25.8 Å². The first kappa shape index (κ1) is 32.1. The first-order valence-electron chi connectivity index (χ1n) is 15.5. The Balaban J connectivity index is 1.33. The number of carbonyl (C=O) groups is 4. The number of thiazole rings is 2. The summed E-state index contributed by atoms with van der Waals surface area (Å²) in [4.78, 5) is 67.9. The Morgan fingerprint density at radius 1 is 0.915 bits per heavy atom. The smallest absolute Gasteiger partial charge is 0.271 e. The van der Waals surface area contributed by atoms with Gasteiger partial charge in [-0.3, -0.25) is 19.2 Å². The van der Waals surface area contributed by atoms with Crippen LogP contribution in [-0.2, 0) is 11.2 Å². The number of H-pyrrole nitrogens is 1. The van der Waals surface area contributed by atoms with Crippen LogP contribution in [0.25, 0.3) is 10.9 Å². The molecule has 0 radical (unpaired) electrons. The standard InChI is InChI=1S/C34H35N7O4S2/c1-20(2)28-33-39-25(18-47-33)30(43)36-13-7-15-41(34(45)23-11-6-10-22-12-14-35-29(22)23)17-27(42)37-24(16-21-8-4-3-5-9-21)32-38-26(19-46-32)31(44)40-28/h3-6,8-12,14,18-20,24,28,35H,7,13,15-17H2,1-2H3,(H,36,43)(H,37,42)(H,40,44)/t24-,28-/m0/s1. The third kappa shape index (κ3) is 7.42. The molecule has 11 nitrogen and oxygen atoms in total. The average molecular weight is 670 g/mol. The summed E-state index contributed by atoms with van der Waals surface area (Å²) < 4.78 is 0. The van der Waals surface area contributed by atoms with E-state index in [1.807, 2.05) is 62.4 Å². The van der Waals surface area contributed by atoms with Gasteiger partial charge in [-0.05, 0) is 36.5 Å². The summed E-state index contributed by atoms with van der Waals surface area (Å²) in [6, 6.07) is 16.1. The van der Waals surface area contributed by atoms with Gasteiger partial charge in [0, 0.05) is 35.4 Å². The van der Waals surface area contributed by atoms with Crippen LogP contribution in [0, 0.1) is 5.92 Å². The maximum Gasteiger partial charge on any atom is 0.271 e. The lowest BCUT2D eigenvalue weighted by molar-refractivity contribution is -0.122. The van der Waals surface area contributed by atoms with Crippen molar-refractivity contribution in [3.63, 3.8) is 0 Å². The molecule has 4 amide bonds. The highest BCUT2D eigenvalue weighted by molar-refractivity contribution is 7.10. The number of para-hydroxylation sites is 1. The van der Waals surface area contributed by atoms with Crippen LogP contribution in [-0.4, -0.2) is 63.1 Å². The zero-order chi connectivity index (χ0) is 32.9. The Labute approximate surface area is 279 Å². The molecule has 0 saturated carbocycles. The molecule has 2 aromatic carbocycles. The van der Waals surface area contributed by atoms with Crippen LogP contribution in [0.5, 0.6) is 0 Å². The zero-order valence-electron chi connectivity index (χ0n) is 26.0. The lowest BCUT2D eigenvalue weighted by Gasteiger charge is -2.24. The lowest BCUT2D eigenvalue weighted by Crippen LogP contribution is -2.43. The van der Waals surface area contributed by atoms with Gasteiger partial charge in [0.05, 0.1) is 29.7 Å². The van der Waals surface area contributed by atoms with E-state index in [1.54, 1.807) is 23.0 Å². The van der Waals surface area contributed by atoms with Crippen molar-refractivity contribution in [2.45, 2.75) is 38.8 Å². The molecular weight excluding hydrogens is 635 g/mol. The van der Waals surface area contributed by atoms with Gasteiger partial charge in [-0.25, -0.2) is 9.97 Å². The predicted molar refractivity (Wildman–Crippen MR) is 181 cm³/mol. The molecule has 0 fully saturated rings. The summed E-state index contributed by atoms with van der Waals surface area (Å²) in [5.74, 6) is -1.39. The fourth-order valence-electron chi connectivity index (χ4n) is 5.53. The SMILES string of the molecule is CC(C)[C@@H]1NC(=O)c2csc(n2)[C@H](Cc2ccccc2)NC(=O)CN(C(=O)c2cccc3cc[nH]c23)CCCNC(=O)c2csc1n2. The number of aromatic amines is 1. The predicted octanol–water partition coefficient (Wildman–Crippen LogP) is 4.88. The molecule has 0 aliphatic carbocycles. The third-order valence-electron chi connectivity index (χ3n) is 7.97. The molecule has 6 rings (SSSR count). The molecule has 242 valence electrons. The molecule has 4 N–H and O–H groups in total. The second-order valence-corrected chi connectivity index (χ2v) is 13.5. The summed E-state index contributed by atoms with van der Waals surface area (Å²) in [5, 5.41) is 14.5. The normalized spacial score (nSPS) is 18.2. The Morgan fingerprint density at radius 3 is 2.45 bits per heavy atom. The highest BCUT2D eigenvalue weighted by Gasteiger charge is 2.28. The number of benzene rings is 2. The van der Waals surface area contributed by atoms with E-state index in [0.29, 0.717) is 33.9 Å². The van der Waals surface area contributed by atoms with E-state index in [2.05, 4.69) is 30.9 Å². The quantitative estimate of drug-likeness (QED) is 0.214. The van der Waals surface area contributed by atoms with Crippen LogP contribution >= 0.6 is 22.7 Å². The second-order valence-electron chi connectivity index (χ2n) is 11.7. The molecule has 4 bridgehead atoms. The number of aromatic nitrogens is 3. The monoisotopic (exact) mass is 669 g/mol. The fourth-order valence-corrected chi connectivity index (χ4v) is 7.40. The highest BCUT2D eigenvalue weighted by Crippen LogP contribution is 2.27. The minimum Gasteiger partial charge on any atom is -0.361 e. The minimum absolute atomic E-state index is 0.00121. The molecule has 3 aromatic heterocycles. The van der Waals surface area contributed by atoms with Gasteiger partial charge in [0.25, 0.3) is 17.7 Å². The molecule has 0 unspecified atom stereocenters. The minimum atomic E-state index is -0.538. The number of rotatable bonds is 4. The molecule has 47 heavy (non-hydrogen) atoms. The van der Waals surface area contributed by atoms with Gasteiger partial charge in [-0.15, -0.1) is 22.7 Å². The topological polar surface area (TPSA) is 149 Å². The maximum absolute atomic E-state index is 13.9. The molecule has 0 saturated heterocycles.